The molecule has 0 unspecified atom stereocenters. The van der Waals surface area contributed by atoms with Crippen LogP contribution in [0.2, 0.25) is 0 Å². The Balaban J connectivity index is 1.11. The number of anilines is 3. The predicted molar refractivity (Wildman–Crippen MR) is 262 cm³/mol. The fourth-order valence-corrected chi connectivity index (χ4v) is 12.1. The molecule has 9 aromatic rings. The maximum Gasteiger partial charge on any atom is 0.137 e. The van der Waals surface area contributed by atoms with Gasteiger partial charge < -0.3 is 9.32 Å². The molecule has 13 rings (SSSR count). The number of rotatable bonds is 4. The second kappa shape index (κ2) is 13.5. The maximum absolute atomic E-state index is 6.63. The molecule has 1 heterocycles. The van der Waals surface area contributed by atoms with Crippen molar-refractivity contribution in [3.05, 3.63) is 220 Å². The third-order valence-corrected chi connectivity index (χ3v) is 15.0. The highest BCUT2D eigenvalue weighted by molar-refractivity contribution is 6.13. The van der Waals surface area contributed by atoms with Crippen molar-refractivity contribution in [2.24, 2.45) is 0 Å². The summed E-state index contributed by atoms with van der Waals surface area (Å²) in [5.74, 6) is 0. The molecule has 0 N–H and O–H groups in total. The van der Waals surface area contributed by atoms with Crippen LogP contribution in [0, 0.1) is 0 Å². The summed E-state index contributed by atoms with van der Waals surface area (Å²) in [6, 6.07) is 60.1. The molecule has 0 atom stereocenters. The second-order valence-corrected chi connectivity index (χ2v) is 19.3. The molecule has 0 saturated heterocycles. The number of furan rings is 1. The Morgan fingerprint density at radius 2 is 1.10 bits per heavy atom. The van der Waals surface area contributed by atoms with Crippen molar-refractivity contribution in [3.8, 4) is 33.4 Å². The number of hydrogen-bond donors (Lipinski definition) is 0. The van der Waals surface area contributed by atoms with Crippen LogP contribution in [0.25, 0.3) is 55.3 Å². The van der Waals surface area contributed by atoms with Crippen LogP contribution in [0.15, 0.2) is 174 Å². The lowest BCUT2D eigenvalue weighted by atomic mass is 9.69. The molecular formula is C61H49NO. The van der Waals surface area contributed by atoms with E-state index in [2.05, 4.69) is 196 Å². The molecule has 1 aromatic heterocycles. The van der Waals surface area contributed by atoms with Crippen LogP contribution in [0.3, 0.4) is 0 Å². The Morgan fingerprint density at radius 1 is 0.476 bits per heavy atom. The van der Waals surface area contributed by atoms with E-state index in [0.29, 0.717) is 0 Å². The summed E-state index contributed by atoms with van der Waals surface area (Å²) in [5.41, 5.74) is 25.8. The van der Waals surface area contributed by atoms with E-state index >= 15 is 0 Å². The Kier molecular flexibility index (Phi) is 7.90. The van der Waals surface area contributed by atoms with E-state index in [-0.39, 0.29) is 5.41 Å². The molecule has 0 bridgehead atoms. The van der Waals surface area contributed by atoms with E-state index in [0.717, 1.165) is 53.3 Å². The summed E-state index contributed by atoms with van der Waals surface area (Å²) in [4.78, 5) is 2.60. The quantitative estimate of drug-likeness (QED) is 0.165. The summed E-state index contributed by atoms with van der Waals surface area (Å²) in [5, 5.41) is 2.29. The van der Waals surface area contributed by atoms with Crippen LogP contribution in [-0.4, -0.2) is 0 Å². The number of para-hydroxylation sites is 1. The molecule has 0 amide bonds. The number of hydrogen-bond acceptors (Lipinski definition) is 2. The molecule has 63 heavy (non-hydrogen) atoms. The first-order valence-electron chi connectivity index (χ1n) is 23.0. The van der Waals surface area contributed by atoms with E-state index in [1.54, 1.807) is 0 Å². The average molecular weight is 812 g/mol. The van der Waals surface area contributed by atoms with Gasteiger partial charge in [0.1, 0.15) is 11.2 Å². The standard InChI is InChI=1S/C61H49NO/c1-60(2,3)39-30-32-47-48-33-31-40(37-54(48)61(53(47)36-39)51-25-11-8-20-45(51)46-21-9-12-26-52(46)61)62(56-27-15-29-58-59(56)50-23-10-13-28-57(50)63-58)55-35-34-44(43-19-6-7-22-49(43)55)42-24-14-17-38-16-4-5-18-41(38)42/h4-5,8-15,17,20-21,23-37H,6-7,16,18-19,22H2,1-3H3. The summed E-state index contributed by atoms with van der Waals surface area (Å²) < 4.78 is 6.63. The molecule has 4 aliphatic carbocycles. The molecule has 2 nitrogen and oxygen atoms in total. The van der Waals surface area contributed by atoms with Crippen molar-refractivity contribution < 1.29 is 4.42 Å². The van der Waals surface area contributed by atoms with Crippen molar-refractivity contribution in [3.63, 3.8) is 0 Å². The van der Waals surface area contributed by atoms with Crippen molar-refractivity contribution >= 4 is 39.0 Å². The molecular weight excluding hydrogens is 763 g/mol. The lowest BCUT2D eigenvalue weighted by molar-refractivity contribution is 0.588. The van der Waals surface area contributed by atoms with Gasteiger partial charge in [-0.3, -0.25) is 0 Å². The van der Waals surface area contributed by atoms with E-state index in [1.807, 2.05) is 0 Å². The zero-order chi connectivity index (χ0) is 42.0. The fraction of sp³-hybridized carbons (Fsp3) is 0.180. The maximum atomic E-state index is 6.63. The van der Waals surface area contributed by atoms with E-state index < -0.39 is 5.41 Å². The molecule has 8 aromatic carbocycles. The highest BCUT2D eigenvalue weighted by Crippen LogP contribution is 2.64. The average Bonchev–Trinajstić information content (AvgIpc) is 3.95. The summed E-state index contributed by atoms with van der Waals surface area (Å²) >= 11 is 0. The minimum atomic E-state index is -0.473. The lowest BCUT2D eigenvalue weighted by Gasteiger charge is -2.34. The third kappa shape index (κ3) is 5.18. The SMILES string of the molecule is CC(C)(C)c1ccc2c(c1)C1(c3ccccc3-c3ccccc31)c1cc(N(c3ccc(-c4cccc5c4CC=CC5)c4c3CCCC4)c3cccc4oc5ccccc5c34)ccc1-2. The lowest BCUT2D eigenvalue weighted by Crippen LogP contribution is -2.27. The van der Waals surface area contributed by atoms with Gasteiger partial charge >= 0.3 is 0 Å². The first-order chi connectivity index (χ1) is 30.9. The fourth-order valence-electron chi connectivity index (χ4n) is 12.1. The highest BCUT2D eigenvalue weighted by atomic mass is 16.3. The molecule has 0 fully saturated rings. The number of nitrogens with zero attached hydrogens (tertiary/aromatic N) is 1. The Hall–Kier alpha value is -6.90. The van der Waals surface area contributed by atoms with Gasteiger partial charge in [0.15, 0.2) is 0 Å². The van der Waals surface area contributed by atoms with Crippen molar-refractivity contribution in [2.75, 3.05) is 4.90 Å². The van der Waals surface area contributed by atoms with Crippen LogP contribution in [0.1, 0.15) is 83.7 Å². The van der Waals surface area contributed by atoms with Crippen LogP contribution in [0.4, 0.5) is 17.1 Å². The zero-order valence-electron chi connectivity index (χ0n) is 36.3. The van der Waals surface area contributed by atoms with E-state index in [9.17, 15) is 0 Å². The first-order valence-corrected chi connectivity index (χ1v) is 23.0. The normalized spacial score (nSPS) is 15.2. The molecule has 0 radical (unpaired) electrons. The largest absolute Gasteiger partial charge is 0.456 e. The monoisotopic (exact) mass is 811 g/mol. The van der Waals surface area contributed by atoms with Crippen molar-refractivity contribution in [1.29, 1.82) is 0 Å². The van der Waals surface area contributed by atoms with Gasteiger partial charge in [-0.2, -0.15) is 0 Å². The highest BCUT2D eigenvalue weighted by Gasteiger charge is 2.52. The van der Waals surface area contributed by atoms with Gasteiger partial charge in [0.25, 0.3) is 0 Å². The zero-order valence-corrected chi connectivity index (χ0v) is 36.3. The number of benzene rings is 8. The first kappa shape index (κ1) is 36.7. The topological polar surface area (TPSA) is 16.4 Å². The molecule has 304 valence electrons. The van der Waals surface area contributed by atoms with Crippen molar-refractivity contribution in [1.82, 2.24) is 0 Å². The Bertz CT molecular complexity index is 3360. The van der Waals surface area contributed by atoms with E-state index in [4.69, 9.17) is 4.42 Å². The minimum Gasteiger partial charge on any atom is -0.456 e. The third-order valence-electron chi connectivity index (χ3n) is 15.0. The van der Waals surface area contributed by atoms with Crippen LogP contribution < -0.4 is 4.90 Å². The summed E-state index contributed by atoms with van der Waals surface area (Å²) in [7, 11) is 0. The smallest absolute Gasteiger partial charge is 0.137 e. The van der Waals surface area contributed by atoms with Gasteiger partial charge in [-0.15, -0.1) is 0 Å². The molecule has 0 aliphatic heterocycles. The minimum absolute atomic E-state index is 0.00233. The van der Waals surface area contributed by atoms with Crippen LogP contribution >= 0.6 is 0 Å². The summed E-state index contributed by atoms with van der Waals surface area (Å²) in [6.45, 7) is 7.02. The molecule has 1 spiro atoms. The molecule has 2 heteroatoms. The van der Waals surface area contributed by atoms with Gasteiger partial charge in [-0.1, -0.05) is 154 Å². The predicted octanol–water partition coefficient (Wildman–Crippen LogP) is 15.9. The molecule has 0 saturated carbocycles. The van der Waals surface area contributed by atoms with Gasteiger partial charge in [0.05, 0.1) is 16.5 Å². The Labute approximate surface area is 370 Å². The number of fused-ring (bicyclic) bond motifs is 15. The van der Waals surface area contributed by atoms with Crippen LogP contribution in [-0.2, 0) is 36.5 Å². The summed E-state index contributed by atoms with van der Waals surface area (Å²) in [6.07, 6.45) is 11.2. The van der Waals surface area contributed by atoms with Crippen LogP contribution in [0.5, 0.6) is 0 Å². The van der Waals surface area contributed by atoms with Crippen molar-refractivity contribution in [2.45, 2.75) is 70.1 Å². The van der Waals surface area contributed by atoms with Gasteiger partial charge in [0.2, 0.25) is 0 Å². The van der Waals surface area contributed by atoms with Gasteiger partial charge in [-0.25, -0.2) is 0 Å². The van der Waals surface area contributed by atoms with Gasteiger partial charge in [-0.05, 0) is 164 Å². The molecule has 4 aliphatic rings. The Morgan fingerprint density at radius 3 is 1.90 bits per heavy atom. The van der Waals surface area contributed by atoms with Gasteiger partial charge in [0, 0.05) is 16.8 Å². The number of allylic oxidation sites excluding steroid dienone is 2. The van der Waals surface area contributed by atoms with E-state index in [1.165, 1.54) is 108 Å². The second-order valence-electron chi connectivity index (χ2n) is 19.3.